The van der Waals surface area contributed by atoms with E-state index in [1.165, 1.54) is 17.8 Å². The standard InChI is InChI=1S/C19H20FN5OS/c1-3-25-18(15-6-8-21-9-7-15)23-24-19(25)27-12-17(26)22-11-14-4-5-16(20)13(2)10-14/h4-10H,3,11-12H2,1-2H3,(H,22,26). The van der Waals surface area contributed by atoms with Crippen LogP contribution in [0.1, 0.15) is 18.1 Å². The van der Waals surface area contributed by atoms with Crippen LogP contribution in [0, 0.1) is 12.7 Å². The van der Waals surface area contributed by atoms with Gasteiger partial charge < -0.3 is 9.88 Å². The number of thioether (sulfide) groups is 1. The van der Waals surface area contributed by atoms with E-state index >= 15 is 0 Å². The molecule has 0 fully saturated rings. The van der Waals surface area contributed by atoms with Crippen LogP contribution in [0.25, 0.3) is 11.4 Å². The Kier molecular flexibility index (Phi) is 6.18. The van der Waals surface area contributed by atoms with Gasteiger partial charge in [-0.3, -0.25) is 9.78 Å². The third kappa shape index (κ3) is 4.71. The molecule has 0 saturated carbocycles. The minimum atomic E-state index is -0.246. The van der Waals surface area contributed by atoms with Crippen molar-refractivity contribution in [3.05, 3.63) is 59.7 Å². The summed E-state index contributed by atoms with van der Waals surface area (Å²) in [6, 6.07) is 8.57. The first-order valence-electron chi connectivity index (χ1n) is 8.56. The molecule has 2 aromatic heterocycles. The molecule has 0 aliphatic heterocycles. The molecular formula is C19H20FN5OS. The summed E-state index contributed by atoms with van der Waals surface area (Å²) in [5, 5.41) is 12.0. The molecule has 0 bridgehead atoms. The summed E-state index contributed by atoms with van der Waals surface area (Å²) < 4.78 is 15.3. The van der Waals surface area contributed by atoms with Crippen molar-refractivity contribution < 1.29 is 9.18 Å². The van der Waals surface area contributed by atoms with Crippen LogP contribution in [-0.4, -0.2) is 31.4 Å². The smallest absolute Gasteiger partial charge is 0.230 e. The predicted molar refractivity (Wildman–Crippen MR) is 103 cm³/mol. The molecule has 0 unspecified atom stereocenters. The van der Waals surface area contributed by atoms with Crippen molar-refractivity contribution in [1.82, 2.24) is 25.1 Å². The highest BCUT2D eigenvalue weighted by molar-refractivity contribution is 7.99. The Morgan fingerprint density at radius 2 is 2.00 bits per heavy atom. The number of aryl methyl sites for hydroxylation is 1. The maximum atomic E-state index is 13.3. The fraction of sp³-hybridized carbons (Fsp3) is 0.263. The molecule has 0 radical (unpaired) electrons. The molecule has 140 valence electrons. The molecular weight excluding hydrogens is 365 g/mol. The monoisotopic (exact) mass is 385 g/mol. The van der Waals surface area contributed by atoms with E-state index in [9.17, 15) is 9.18 Å². The second kappa shape index (κ2) is 8.77. The largest absolute Gasteiger partial charge is 0.351 e. The zero-order valence-corrected chi connectivity index (χ0v) is 16.0. The van der Waals surface area contributed by atoms with Gasteiger partial charge in [0.05, 0.1) is 5.75 Å². The number of hydrogen-bond donors (Lipinski definition) is 1. The van der Waals surface area contributed by atoms with Crippen molar-refractivity contribution >= 4 is 17.7 Å². The van der Waals surface area contributed by atoms with E-state index in [4.69, 9.17) is 0 Å². The van der Waals surface area contributed by atoms with Gasteiger partial charge in [0.15, 0.2) is 11.0 Å². The third-order valence-electron chi connectivity index (χ3n) is 4.02. The van der Waals surface area contributed by atoms with E-state index in [0.717, 1.165) is 17.0 Å². The summed E-state index contributed by atoms with van der Waals surface area (Å²) in [4.78, 5) is 16.2. The molecule has 27 heavy (non-hydrogen) atoms. The van der Waals surface area contributed by atoms with Gasteiger partial charge in [-0.25, -0.2) is 4.39 Å². The molecule has 2 heterocycles. The van der Waals surface area contributed by atoms with Gasteiger partial charge in [0.25, 0.3) is 0 Å². The van der Waals surface area contributed by atoms with Crippen LogP contribution in [0.15, 0.2) is 47.9 Å². The van der Waals surface area contributed by atoms with Gasteiger partial charge in [-0.1, -0.05) is 23.9 Å². The lowest BCUT2D eigenvalue weighted by molar-refractivity contribution is -0.118. The number of nitrogens with one attached hydrogen (secondary N) is 1. The Morgan fingerprint density at radius 1 is 1.22 bits per heavy atom. The zero-order valence-electron chi connectivity index (χ0n) is 15.1. The van der Waals surface area contributed by atoms with Crippen LogP contribution in [0.2, 0.25) is 0 Å². The van der Waals surface area contributed by atoms with Crippen molar-refractivity contribution in [2.45, 2.75) is 32.1 Å². The molecule has 0 aliphatic rings. The van der Waals surface area contributed by atoms with Crippen molar-refractivity contribution in [3.63, 3.8) is 0 Å². The average molecular weight is 385 g/mol. The van der Waals surface area contributed by atoms with Crippen LogP contribution in [0.4, 0.5) is 4.39 Å². The maximum absolute atomic E-state index is 13.3. The number of halogens is 1. The number of carbonyl (C=O) groups excluding carboxylic acids is 1. The van der Waals surface area contributed by atoms with Gasteiger partial charge in [0.2, 0.25) is 5.91 Å². The van der Waals surface area contributed by atoms with E-state index < -0.39 is 0 Å². The number of pyridine rings is 1. The molecule has 3 aromatic rings. The van der Waals surface area contributed by atoms with E-state index in [1.807, 2.05) is 23.6 Å². The number of benzene rings is 1. The van der Waals surface area contributed by atoms with Gasteiger partial charge >= 0.3 is 0 Å². The molecule has 0 atom stereocenters. The molecule has 8 heteroatoms. The van der Waals surface area contributed by atoms with Gasteiger partial charge in [0, 0.05) is 31.0 Å². The number of rotatable bonds is 7. The number of carbonyl (C=O) groups is 1. The van der Waals surface area contributed by atoms with Crippen molar-refractivity contribution in [2.75, 3.05) is 5.75 Å². The normalized spacial score (nSPS) is 10.8. The van der Waals surface area contributed by atoms with Gasteiger partial charge in [-0.2, -0.15) is 0 Å². The van der Waals surface area contributed by atoms with Crippen LogP contribution < -0.4 is 5.32 Å². The van der Waals surface area contributed by atoms with E-state index in [2.05, 4.69) is 20.5 Å². The summed E-state index contributed by atoms with van der Waals surface area (Å²) in [7, 11) is 0. The van der Waals surface area contributed by atoms with E-state index in [1.54, 1.807) is 31.5 Å². The lowest BCUT2D eigenvalue weighted by Crippen LogP contribution is -2.24. The average Bonchev–Trinajstić information content (AvgIpc) is 3.11. The highest BCUT2D eigenvalue weighted by Gasteiger charge is 2.14. The first kappa shape index (κ1) is 19.0. The Morgan fingerprint density at radius 3 is 2.70 bits per heavy atom. The molecule has 0 aliphatic carbocycles. The van der Waals surface area contributed by atoms with Gasteiger partial charge in [-0.15, -0.1) is 10.2 Å². The van der Waals surface area contributed by atoms with Crippen molar-refractivity contribution in [1.29, 1.82) is 0 Å². The third-order valence-corrected chi connectivity index (χ3v) is 4.98. The number of aromatic nitrogens is 4. The first-order chi connectivity index (χ1) is 13.1. The molecule has 1 aromatic carbocycles. The lowest BCUT2D eigenvalue weighted by atomic mass is 10.1. The molecule has 1 N–H and O–H groups in total. The number of nitrogens with zero attached hydrogens (tertiary/aromatic N) is 4. The minimum Gasteiger partial charge on any atom is -0.351 e. The van der Waals surface area contributed by atoms with Crippen LogP contribution in [0.5, 0.6) is 0 Å². The molecule has 6 nitrogen and oxygen atoms in total. The summed E-state index contributed by atoms with van der Waals surface area (Å²) in [6.45, 7) is 4.77. The fourth-order valence-corrected chi connectivity index (χ4v) is 3.43. The Hall–Kier alpha value is -2.74. The lowest BCUT2D eigenvalue weighted by Gasteiger charge is -2.08. The quantitative estimate of drug-likeness (QED) is 0.632. The minimum absolute atomic E-state index is 0.113. The topological polar surface area (TPSA) is 72.7 Å². The first-order valence-corrected chi connectivity index (χ1v) is 9.55. The van der Waals surface area contributed by atoms with Gasteiger partial charge in [0.1, 0.15) is 5.82 Å². The summed E-state index contributed by atoms with van der Waals surface area (Å²) in [5.41, 5.74) is 2.36. The predicted octanol–water partition coefficient (Wildman–Crippen LogP) is 3.22. The second-order valence-corrected chi connectivity index (χ2v) is 6.88. The molecule has 1 amide bonds. The van der Waals surface area contributed by atoms with Crippen LogP contribution in [-0.2, 0) is 17.9 Å². The second-order valence-electron chi connectivity index (χ2n) is 5.94. The molecule has 0 saturated heterocycles. The van der Waals surface area contributed by atoms with Crippen molar-refractivity contribution in [2.24, 2.45) is 0 Å². The summed E-state index contributed by atoms with van der Waals surface area (Å²) >= 11 is 1.34. The SMILES string of the molecule is CCn1c(SCC(=O)NCc2ccc(F)c(C)c2)nnc1-c1ccncc1. The molecule has 3 rings (SSSR count). The molecule has 0 spiro atoms. The van der Waals surface area contributed by atoms with E-state index in [-0.39, 0.29) is 17.5 Å². The van der Waals surface area contributed by atoms with Crippen LogP contribution in [0.3, 0.4) is 0 Å². The maximum Gasteiger partial charge on any atom is 0.230 e. The Balaban J connectivity index is 1.59. The van der Waals surface area contributed by atoms with E-state index in [0.29, 0.717) is 23.8 Å². The fourth-order valence-electron chi connectivity index (χ4n) is 2.59. The summed E-state index contributed by atoms with van der Waals surface area (Å²) in [5.74, 6) is 0.626. The number of hydrogen-bond acceptors (Lipinski definition) is 5. The highest BCUT2D eigenvalue weighted by Crippen LogP contribution is 2.23. The highest BCUT2D eigenvalue weighted by atomic mass is 32.2. The zero-order chi connectivity index (χ0) is 19.2. The van der Waals surface area contributed by atoms with Crippen LogP contribution >= 0.6 is 11.8 Å². The summed E-state index contributed by atoms with van der Waals surface area (Å²) in [6.07, 6.45) is 3.42. The Labute approximate surface area is 161 Å². The Bertz CT molecular complexity index is 929. The number of amides is 1. The van der Waals surface area contributed by atoms with Gasteiger partial charge in [-0.05, 0) is 43.2 Å². The van der Waals surface area contributed by atoms with Crippen molar-refractivity contribution in [3.8, 4) is 11.4 Å².